The minimum absolute atomic E-state index is 0.0468. The van der Waals surface area contributed by atoms with Crippen molar-refractivity contribution in [2.24, 2.45) is 0 Å². The van der Waals surface area contributed by atoms with Gasteiger partial charge in [-0.3, -0.25) is 4.79 Å². The predicted molar refractivity (Wildman–Crippen MR) is 84.9 cm³/mol. The van der Waals surface area contributed by atoms with Gasteiger partial charge in [-0.15, -0.1) is 23.1 Å². The smallest absolute Gasteiger partial charge is 0.230 e. The van der Waals surface area contributed by atoms with Gasteiger partial charge >= 0.3 is 0 Å². The first-order valence-electron chi connectivity index (χ1n) is 6.35. The number of benzene rings is 1. The molecular weight excluding hydrogens is 290 g/mol. The largest absolute Gasteiger partial charge is 0.394 e. The van der Waals surface area contributed by atoms with Crippen molar-refractivity contribution in [2.45, 2.75) is 11.8 Å². The van der Waals surface area contributed by atoms with Crippen LogP contribution in [0, 0.1) is 0 Å². The fourth-order valence-corrected chi connectivity index (χ4v) is 3.47. The van der Waals surface area contributed by atoms with Crippen LogP contribution < -0.4 is 5.32 Å². The van der Waals surface area contributed by atoms with E-state index in [9.17, 15) is 9.90 Å². The van der Waals surface area contributed by atoms with Gasteiger partial charge in [-0.05, 0) is 17.0 Å². The van der Waals surface area contributed by atoms with Crippen molar-refractivity contribution in [2.75, 3.05) is 12.4 Å². The van der Waals surface area contributed by atoms with E-state index >= 15 is 0 Å². The zero-order chi connectivity index (χ0) is 14.2. The Morgan fingerprint density at radius 2 is 2.05 bits per heavy atom. The molecule has 1 aromatic heterocycles. The molecule has 0 saturated carbocycles. The molecule has 2 N–H and O–H groups in total. The van der Waals surface area contributed by atoms with Crippen LogP contribution in [0.25, 0.3) is 0 Å². The molecule has 0 saturated heterocycles. The average Bonchev–Trinajstić information content (AvgIpc) is 2.99. The molecule has 106 valence electrons. The number of aliphatic hydroxyl groups is 1. The van der Waals surface area contributed by atoms with Gasteiger partial charge < -0.3 is 10.4 Å². The van der Waals surface area contributed by atoms with Crippen molar-refractivity contribution in [1.82, 2.24) is 5.32 Å². The zero-order valence-corrected chi connectivity index (χ0v) is 12.6. The van der Waals surface area contributed by atoms with Gasteiger partial charge in [0.25, 0.3) is 0 Å². The predicted octanol–water partition coefficient (Wildman–Crippen LogP) is 2.83. The lowest BCUT2D eigenvalue weighted by Crippen LogP contribution is -2.32. The van der Waals surface area contributed by atoms with Gasteiger partial charge in [-0.1, -0.05) is 36.4 Å². The SMILES string of the molecule is O=C(CSCc1cccs1)NC(CO)c1ccccc1. The molecule has 0 spiro atoms. The zero-order valence-electron chi connectivity index (χ0n) is 11.0. The monoisotopic (exact) mass is 307 g/mol. The van der Waals surface area contributed by atoms with Crippen LogP contribution in [0.5, 0.6) is 0 Å². The Hall–Kier alpha value is -1.30. The summed E-state index contributed by atoms with van der Waals surface area (Å²) in [6.45, 7) is -0.0919. The number of nitrogens with one attached hydrogen (secondary N) is 1. The fourth-order valence-electron chi connectivity index (χ4n) is 1.79. The molecule has 1 heterocycles. The summed E-state index contributed by atoms with van der Waals surface area (Å²) >= 11 is 3.28. The van der Waals surface area contributed by atoms with Crippen LogP contribution in [0.4, 0.5) is 0 Å². The summed E-state index contributed by atoms with van der Waals surface area (Å²) in [5, 5.41) is 14.3. The maximum Gasteiger partial charge on any atom is 0.230 e. The van der Waals surface area contributed by atoms with Gasteiger partial charge in [0, 0.05) is 10.6 Å². The Morgan fingerprint density at radius 1 is 1.25 bits per heavy atom. The molecule has 0 fully saturated rings. The van der Waals surface area contributed by atoms with E-state index in [-0.39, 0.29) is 18.6 Å². The summed E-state index contributed by atoms with van der Waals surface area (Å²) in [5.41, 5.74) is 0.923. The van der Waals surface area contributed by atoms with Gasteiger partial charge in [0.15, 0.2) is 0 Å². The molecule has 1 atom stereocenters. The second kappa shape index (κ2) is 8.09. The molecule has 1 amide bonds. The summed E-state index contributed by atoms with van der Waals surface area (Å²) in [5.74, 6) is 1.20. The molecule has 0 radical (unpaired) electrons. The van der Waals surface area contributed by atoms with Crippen molar-refractivity contribution in [1.29, 1.82) is 0 Å². The molecule has 0 aliphatic rings. The van der Waals surface area contributed by atoms with Crippen LogP contribution in [0.2, 0.25) is 0 Å². The maximum atomic E-state index is 11.9. The number of aliphatic hydroxyl groups excluding tert-OH is 1. The van der Waals surface area contributed by atoms with Crippen LogP contribution in [0.1, 0.15) is 16.5 Å². The first-order chi connectivity index (χ1) is 9.79. The highest BCUT2D eigenvalue weighted by Gasteiger charge is 2.13. The number of carbonyl (C=O) groups is 1. The Bertz CT molecular complexity index is 514. The third-order valence-corrected chi connectivity index (χ3v) is 4.82. The molecule has 2 aromatic rings. The van der Waals surface area contributed by atoms with E-state index in [1.807, 2.05) is 41.8 Å². The van der Waals surface area contributed by atoms with Crippen LogP contribution in [0.3, 0.4) is 0 Å². The van der Waals surface area contributed by atoms with Gasteiger partial charge in [0.2, 0.25) is 5.91 Å². The molecule has 1 aromatic carbocycles. The summed E-state index contributed by atoms with van der Waals surface area (Å²) in [6.07, 6.45) is 0. The lowest BCUT2D eigenvalue weighted by molar-refractivity contribution is -0.119. The minimum atomic E-state index is -0.328. The number of hydrogen-bond acceptors (Lipinski definition) is 4. The molecular formula is C15H17NO2S2. The molecule has 0 aliphatic carbocycles. The van der Waals surface area contributed by atoms with E-state index in [0.29, 0.717) is 5.75 Å². The van der Waals surface area contributed by atoms with E-state index in [2.05, 4.69) is 11.4 Å². The number of hydrogen-bond donors (Lipinski definition) is 2. The van der Waals surface area contributed by atoms with Crippen molar-refractivity contribution >= 4 is 29.0 Å². The number of amides is 1. The molecule has 0 bridgehead atoms. The summed E-state index contributed by atoms with van der Waals surface area (Å²) < 4.78 is 0. The Balaban J connectivity index is 1.78. The van der Waals surface area contributed by atoms with Crippen molar-refractivity contribution in [3.63, 3.8) is 0 Å². The van der Waals surface area contributed by atoms with Crippen molar-refractivity contribution in [3.05, 3.63) is 58.3 Å². The topological polar surface area (TPSA) is 49.3 Å². The highest BCUT2D eigenvalue weighted by atomic mass is 32.2. The summed E-state index contributed by atoms with van der Waals surface area (Å²) in [6, 6.07) is 13.3. The van der Waals surface area contributed by atoms with E-state index in [0.717, 1.165) is 11.3 Å². The maximum absolute atomic E-state index is 11.9. The van der Waals surface area contributed by atoms with Crippen LogP contribution >= 0.6 is 23.1 Å². The van der Waals surface area contributed by atoms with Crippen LogP contribution in [-0.2, 0) is 10.5 Å². The average molecular weight is 307 g/mol. The van der Waals surface area contributed by atoms with Crippen LogP contribution in [0.15, 0.2) is 47.8 Å². The van der Waals surface area contributed by atoms with Crippen molar-refractivity contribution in [3.8, 4) is 0 Å². The Kier molecular flexibility index (Phi) is 6.11. The highest BCUT2D eigenvalue weighted by molar-refractivity contribution is 7.99. The first kappa shape index (κ1) is 15.1. The van der Waals surface area contributed by atoms with Gasteiger partial charge in [0.1, 0.15) is 0 Å². The quantitative estimate of drug-likeness (QED) is 0.827. The van der Waals surface area contributed by atoms with E-state index in [1.54, 1.807) is 23.1 Å². The number of thiophene rings is 1. The molecule has 20 heavy (non-hydrogen) atoms. The number of rotatable bonds is 7. The Morgan fingerprint density at radius 3 is 2.70 bits per heavy atom. The second-order valence-electron chi connectivity index (χ2n) is 4.29. The fraction of sp³-hybridized carbons (Fsp3) is 0.267. The lowest BCUT2D eigenvalue weighted by atomic mass is 10.1. The molecule has 5 heteroatoms. The van der Waals surface area contributed by atoms with Gasteiger partial charge in [-0.2, -0.15) is 0 Å². The van der Waals surface area contributed by atoms with Crippen molar-refractivity contribution < 1.29 is 9.90 Å². The summed E-state index contributed by atoms with van der Waals surface area (Å²) in [7, 11) is 0. The molecule has 0 aliphatic heterocycles. The third-order valence-electron chi connectivity index (χ3n) is 2.78. The molecule has 2 rings (SSSR count). The van der Waals surface area contributed by atoms with E-state index in [4.69, 9.17) is 0 Å². The first-order valence-corrected chi connectivity index (χ1v) is 8.38. The second-order valence-corrected chi connectivity index (χ2v) is 6.30. The van der Waals surface area contributed by atoms with Crippen LogP contribution in [-0.4, -0.2) is 23.4 Å². The number of carbonyl (C=O) groups excluding carboxylic acids is 1. The third kappa shape index (κ3) is 4.67. The molecule has 3 nitrogen and oxygen atoms in total. The minimum Gasteiger partial charge on any atom is -0.394 e. The molecule has 1 unspecified atom stereocenters. The van der Waals surface area contributed by atoms with Gasteiger partial charge in [-0.25, -0.2) is 0 Å². The van der Waals surface area contributed by atoms with E-state index in [1.165, 1.54) is 4.88 Å². The Labute approximate surface area is 127 Å². The normalized spacial score (nSPS) is 12.1. The summed E-state index contributed by atoms with van der Waals surface area (Å²) in [4.78, 5) is 13.1. The highest BCUT2D eigenvalue weighted by Crippen LogP contribution is 2.17. The standard InChI is InChI=1S/C15H17NO2S2/c17-9-14(12-5-2-1-3-6-12)16-15(18)11-19-10-13-7-4-8-20-13/h1-8,14,17H,9-11H2,(H,16,18). The van der Waals surface area contributed by atoms with E-state index < -0.39 is 0 Å². The van der Waals surface area contributed by atoms with Gasteiger partial charge in [0.05, 0.1) is 18.4 Å². The lowest BCUT2D eigenvalue weighted by Gasteiger charge is -2.16. The number of thioether (sulfide) groups is 1.